The van der Waals surface area contributed by atoms with E-state index in [9.17, 15) is 0 Å². The molecule has 1 saturated heterocycles. The number of rotatable bonds is 0. The molecule has 1 aromatic rings. The van der Waals surface area contributed by atoms with Gasteiger partial charge in [0, 0.05) is 22.4 Å². The van der Waals surface area contributed by atoms with Gasteiger partial charge in [-0.1, -0.05) is 22.5 Å². The van der Waals surface area contributed by atoms with Crippen molar-refractivity contribution in [3.8, 4) is 5.75 Å². The number of benzene rings is 1. The number of ether oxygens (including phenoxy) is 2. The van der Waals surface area contributed by atoms with E-state index in [-0.39, 0.29) is 6.10 Å². The molecule has 1 aromatic carbocycles. The van der Waals surface area contributed by atoms with Crippen LogP contribution in [0.3, 0.4) is 0 Å². The third-order valence-electron chi connectivity index (χ3n) is 3.31. The van der Waals surface area contributed by atoms with E-state index in [0.717, 1.165) is 41.0 Å². The maximum Gasteiger partial charge on any atom is 0.127 e. The zero-order chi connectivity index (χ0) is 11.1. The summed E-state index contributed by atoms with van der Waals surface area (Å²) < 4.78 is 12.6. The summed E-state index contributed by atoms with van der Waals surface area (Å²) in [5.41, 5.74) is 2.26. The highest BCUT2D eigenvalue weighted by Crippen LogP contribution is 2.41. The van der Waals surface area contributed by atoms with Crippen molar-refractivity contribution in [3.05, 3.63) is 34.8 Å². The first-order valence-corrected chi connectivity index (χ1v) is 6.28. The van der Waals surface area contributed by atoms with Crippen LogP contribution in [0.2, 0.25) is 0 Å². The molecule has 0 spiro atoms. The highest BCUT2D eigenvalue weighted by molar-refractivity contribution is 9.10. The average Bonchev–Trinajstić information content (AvgIpc) is 2.31. The molecule has 16 heavy (non-hydrogen) atoms. The van der Waals surface area contributed by atoms with Crippen molar-refractivity contribution in [1.29, 1.82) is 0 Å². The molecule has 1 fully saturated rings. The number of fused-ring (bicyclic) bond motifs is 2. The van der Waals surface area contributed by atoms with Crippen LogP contribution in [0.1, 0.15) is 12.0 Å². The van der Waals surface area contributed by atoms with Crippen molar-refractivity contribution in [1.82, 2.24) is 0 Å². The fourth-order valence-electron chi connectivity index (χ4n) is 2.40. The number of halogens is 1. The molecule has 2 heterocycles. The Balaban J connectivity index is 2.03. The first-order chi connectivity index (χ1) is 7.75. The molecule has 3 rings (SSSR count). The Morgan fingerprint density at radius 1 is 1.38 bits per heavy atom. The van der Waals surface area contributed by atoms with Gasteiger partial charge in [0.15, 0.2) is 0 Å². The Morgan fingerprint density at radius 2 is 2.25 bits per heavy atom. The lowest BCUT2D eigenvalue weighted by Crippen LogP contribution is -2.39. The van der Waals surface area contributed by atoms with Crippen molar-refractivity contribution >= 4 is 21.5 Å². The largest absolute Gasteiger partial charge is 0.489 e. The van der Waals surface area contributed by atoms with Gasteiger partial charge in [-0.3, -0.25) is 0 Å². The topological polar surface area (TPSA) is 18.5 Å². The molecule has 0 saturated carbocycles. The predicted octanol–water partition coefficient (Wildman–Crippen LogP) is 3.26. The van der Waals surface area contributed by atoms with E-state index in [4.69, 9.17) is 9.47 Å². The minimum Gasteiger partial charge on any atom is -0.489 e. The van der Waals surface area contributed by atoms with E-state index in [1.165, 1.54) is 0 Å². The average molecular weight is 281 g/mol. The highest BCUT2D eigenvalue weighted by atomic mass is 79.9. The predicted molar refractivity (Wildman–Crippen MR) is 66.5 cm³/mol. The molecule has 2 aliphatic heterocycles. The third-order valence-corrected chi connectivity index (χ3v) is 3.80. The van der Waals surface area contributed by atoms with Gasteiger partial charge < -0.3 is 9.47 Å². The Kier molecular flexibility index (Phi) is 2.52. The Morgan fingerprint density at radius 3 is 3.12 bits per heavy atom. The molecular formula is C13H13BrO2. The molecular weight excluding hydrogens is 268 g/mol. The Bertz CT molecular complexity index is 442. The molecule has 0 amide bonds. The molecule has 0 bridgehead atoms. The van der Waals surface area contributed by atoms with E-state index >= 15 is 0 Å². The molecule has 0 radical (unpaired) electrons. The maximum atomic E-state index is 6.00. The first kappa shape index (κ1) is 10.4. The van der Waals surface area contributed by atoms with Crippen molar-refractivity contribution in [2.75, 3.05) is 13.2 Å². The standard InChI is InChI=1S/C13H13BrO2/c1-8-10-6-9(14)2-3-12(10)16-13-4-5-15-7-11(8)13/h2-3,6,11,13H,1,4-5,7H2/t11-,13-/m0/s1. The lowest BCUT2D eigenvalue weighted by Gasteiger charge is -2.38. The summed E-state index contributed by atoms with van der Waals surface area (Å²) in [5.74, 6) is 1.27. The number of hydrogen-bond acceptors (Lipinski definition) is 2. The van der Waals surface area contributed by atoms with Crippen LogP contribution in [0, 0.1) is 5.92 Å². The summed E-state index contributed by atoms with van der Waals surface area (Å²) in [6.45, 7) is 5.72. The molecule has 84 valence electrons. The van der Waals surface area contributed by atoms with Crippen LogP contribution in [-0.4, -0.2) is 19.3 Å². The second kappa shape index (κ2) is 3.90. The summed E-state index contributed by atoms with van der Waals surface area (Å²) in [4.78, 5) is 0. The normalized spacial score (nSPS) is 27.9. The lowest BCUT2D eigenvalue weighted by molar-refractivity contribution is -0.00681. The van der Waals surface area contributed by atoms with Gasteiger partial charge in [-0.05, 0) is 23.8 Å². The van der Waals surface area contributed by atoms with E-state index < -0.39 is 0 Å². The smallest absolute Gasteiger partial charge is 0.127 e. The van der Waals surface area contributed by atoms with Crippen molar-refractivity contribution in [3.63, 3.8) is 0 Å². The fourth-order valence-corrected chi connectivity index (χ4v) is 2.76. The van der Waals surface area contributed by atoms with Crippen LogP contribution in [-0.2, 0) is 4.74 Å². The molecule has 0 N–H and O–H groups in total. The van der Waals surface area contributed by atoms with Gasteiger partial charge in [0.05, 0.1) is 13.2 Å². The van der Waals surface area contributed by atoms with Crippen LogP contribution < -0.4 is 4.74 Å². The summed E-state index contributed by atoms with van der Waals surface area (Å²) in [5, 5.41) is 0. The quantitative estimate of drug-likeness (QED) is 0.726. The van der Waals surface area contributed by atoms with Gasteiger partial charge in [-0.2, -0.15) is 0 Å². The monoisotopic (exact) mass is 280 g/mol. The summed E-state index contributed by atoms with van der Waals surface area (Å²) in [7, 11) is 0. The van der Waals surface area contributed by atoms with E-state index in [1.54, 1.807) is 0 Å². The Labute approximate surface area is 103 Å². The number of hydrogen-bond donors (Lipinski definition) is 0. The van der Waals surface area contributed by atoms with Gasteiger partial charge in [0.2, 0.25) is 0 Å². The SMILES string of the molecule is C=C1c2cc(Br)ccc2O[C@H]2CCOC[C@@H]12. The van der Waals surface area contributed by atoms with Gasteiger partial charge in [-0.15, -0.1) is 0 Å². The lowest BCUT2D eigenvalue weighted by atomic mass is 9.84. The minimum atomic E-state index is 0.245. The third kappa shape index (κ3) is 1.59. The van der Waals surface area contributed by atoms with Gasteiger partial charge >= 0.3 is 0 Å². The summed E-state index contributed by atoms with van der Waals surface area (Å²) in [6.07, 6.45) is 1.20. The van der Waals surface area contributed by atoms with Crippen LogP contribution in [0.25, 0.3) is 5.57 Å². The molecule has 2 aliphatic rings. The Hall–Kier alpha value is -0.800. The summed E-state index contributed by atoms with van der Waals surface area (Å²) >= 11 is 3.48. The molecule has 0 aliphatic carbocycles. The second-order valence-corrected chi connectivity index (χ2v) is 5.21. The zero-order valence-electron chi connectivity index (χ0n) is 8.91. The van der Waals surface area contributed by atoms with Crippen LogP contribution >= 0.6 is 15.9 Å². The van der Waals surface area contributed by atoms with Gasteiger partial charge in [0.1, 0.15) is 11.9 Å². The van der Waals surface area contributed by atoms with Crippen LogP contribution in [0.15, 0.2) is 29.3 Å². The van der Waals surface area contributed by atoms with E-state index in [1.807, 2.05) is 12.1 Å². The maximum absolute atomic E-state index is 6.00. The van der Waals surface area contributed by atoms with Crippen molar-refractivity contribution in [2.24, 2.45) is 5.92 Å². The highest BCUT2D eigenvalue weighted by Gasteiger charge is 2.35. The first-order valence-electron chi connectivity index (χ1n) is 5.49. The molecule has 0 aromatic heterocycles. The van der Waals surface area contributed by atoms with Gasteiger partial charge in [-0.25, -0.2) is 0 Å². The molecule has 3 heteroatoms. The zero-order valence-corrected chi connectivity index (χ0v) is 10.5. The summed E-state index contributed by atoms with van der Waals surface area (Å²) in [6, 6.07) is 6.09. The minimum absolute atomic E-state index is 0.245. The van der Waals surface area contributed by atoms with E-state index in [2.05, 4.69) is 28.6 Å². The van der Waals surface area contributed by atoms with Gasteiger partial charge in [0.25, 0.3) is 0 Å². The van der Waals surface area contributed by atoms with Crippen molar-refractivity contribution < 1.29 is 9.47 Å². The fraction of sp³-hybridized carbons (Fsp3) is 0.385. The second-order valence-electron chi connectivity index (χ2n) is 4.29. The van der Waals surface area contributed by atoms with Crippen LogP contribution in [0.4, 0.5) is 0 Å². The molecule has 2 atom stereocenters. The van der Waals surface area contributed by atoms with Crippen LogP contribution in [0.5, 0.6) is 5.75 Å². The molecule has 0 unspecified atom stereocenters. The van der Waals surface area contributed by atoms with Crippen molar-refractivity contribution in [2.45, 2.75) is 12.5 Å². The molecule has 2 nitrogen and oxygen atoms in total. The van der Waals surface area contributed by atoms with E-state index in [0.29, 0.717) is 5.92 Å².